The summed E-state index contributed by atoms with van der Waals surface area (Å²) in [6, 6.07) is 71.5. The van der Waals surface area contributed by atoms with Crippen LogP contribution in [0.1, 0.15) is 58.2 Å². The minimum absolute atomic E-state index is 0.343. The van der Waals surface area contributed by atoms with Gasteiger partial charge in [0.05, 0.1) is 51.6 Å². The van der Waals surface area contributed by atoms with E-state index in [1.165, 1.54) is 0 Å². The third-order valence-electron chi connectivity index (χ3n) is 13.6. The fraction of sp³-hybridized carbons (Fsp3) is 0.125. The SMILES string of the molecule is [C-]#[N+]c1c(C#N)c(-n2c3ccc(-c4ccccc4)cc3c3cc(-c4ccccc4)ccc32)c(C(C)(C)C)c(C(C)(C)C)c1-n1c2ccc(-c3ccccc3)cc2c2cc(-c3ccccc3)ccc21. The molecule has 0 atom stereocenters. The first-order valence-electron chi connectivity index (χ1n) is 23.4. The Hall–Kier alpha value is -8.44. The molecule has 2 heterocycles. The molecule has 0 bridgehead atoms. The quantitative estimate of drug-likeness (QED) is 0.153. The molecule has 11 aromatic rings. The Balaban J connectivity index is 1.29. The summed E-state index contributed by atoms with van der Waals surface area (Å²) < 4.78 is 4.59. The highest BCUT2D eigenvalue weighted by Crippen LogP contribution is 2.52. The van der Waals surface area contributed by atoms with Gasteiger partial charge in [0, 0.05) is 21.5 Å². The van der Waals surface area contributed by atoms with Gasteiger partial charge in [-0.3, -0.25) is 0 Å². The standard InChI is InChI=1S/C64H50N4/c1-63(2,3)58-59(64(4,5)6)62(68-56-34-30-47(43-24-16-10-17-25-43)38-51(56)52-39-48(31-35-57(52)68)44-26-18-11-19-27-44)60(66-7)53(40-65)61(58)67-54-32-28-45(41-20-12-8-13-21-41)36-49(54)50-37-46(29-33-55(50)67)42-22-14-9-15-23-42/h8-39H,1-6H3. The monoisotopic (exact) mass is 874 g/mol. The Morgan fingerprint density at radius 3 is 0.926 bits per heavy atom. The first-order valence-corrected chi connectivity index (χ1v) is 23.4. The number of fused-ring (bicyclic) bond motifs is 6. The summed E-state index contributed by atoms with van der Waals surface area (Å²) in [5, 5.41) is 16.1. The summed E-state index contributed by atoms with van der Waals surface area (Å²) >= 11 is 0. The van der Waals surface area contributed by atoms with E-state index in [0.29, 0.717) is 11.3 Å². The van der Waals surface area contributed by atoms with Crippen LogP contribution in [0, 0.1) is 17.9 Å². The number of hydrogen-bond acceptors (Lipinski definition) is 1. The van der Waals surface area contributed by atoms with Crippen LogP contribution in [0.15, 0.2) is 194 Å². The lowest BCUT2D eigenvalue weighted by Crippen LogP contribution is -2.27. The molecule has 326 valence electrons. The van der Waals surface area contributed by atoms with Gasteiger partial charge < -0.3 is 9.13 Å². The molecule has 4 heteroatoms. The van der Waals surface area contributed by atoms with E-state index in [-0.39, 0.29) is 0 Å². The highest BCUT2D eigenvalue weighted by atomic mass is 15.0. The fourth-order valence-corrected chi connectivity index (χ4v) is 10.6. The Morgan fingerprint density at radius 2 is 0.662 bits per heavy atom. The topological polar surface area (TPSA) is 38.0 Å². The number of nitrogens with zero attached hydrogens (tertiary/aromatic N) is 4. The average molecular weight is 875 g/mol. The van der Waals surface area contributed by atoms with Gasteiger partial charge in [0.1, 0.15) is 0 Å². The van der Waals surface area contributed by atoms with Gasteiger partial charge in [-0.2, -0.15) is 5.26 Å². The summed E-state index contributed by atoms with van der Waals surface area (Å²) in [5.41, 5.74) is 16.3. The summed E-state index contributed by atoms with van der Waals surface area (Å²) in [6.45, 7) is 22.7. The van der Waals surface area contributed by atoms with Crippen LogP contribution in [0.2, 0.25) is 0 Å². The summed E-state index contributed by atoms with van der Waals surface area (Å²) in [5.74, 6) is 0. The molecule has 0 aliphatic heterocycles. The molecule has 0 aliphatic rings. The van der Waals surface area contributed by atoms with Gasteiger partial charge in [-0.05, 0) is 115 Å². The van der Waals surface area contributed by atoms with E-state index in [1.807, 2.05) is 24.3 Å². The summed E-state index contributed by atoms with van der Waals surface area (Å²) in [7, 11) is 0. The maximum absolute atomic E-state index is 11.8. The van der Waals surface area contributed by atoms with Crippen LogP contribution in [0.5, 0.6) is 0 Å². The van der Waals surface area contributed by atoms with Crippen molar-refractivity contribution < 1.29 is 0 Å². The fourth-order valence-electron chi connectivity index (χ4n) is 10.6. The van der Waals surface area contributed by atoms with Crippen LogP contribution >= 0.6 is 0 Å². The first-order chi connectivity index (χ1) is 32.9. The number of nitriles is 1. The Kier molecular flexibility index (Phi) is 10.0. The van der Waals surface area contributed by atoms with Gasteiger partial charge >= 0.3 is 0 Å². The molecule has 68 heavy (non-hydrogen) atoms. The molecule has 11 rings (SSSR count). The van der Waals surface area contributed by atoms with Crippen LogP contribution in [0.25, 0.3) is 104 Å². The molecule has 0 aliphatic carbocycles. The molecule has 0 radical (unpaired) electrons. The van der Waals surface area contributed by atoms with Crippen LogP contribution < -0.4 is 0 Å². The first kappa shape index (κ1) is 42.2. The Labute approximate surface area is 398 Å². The molecule has 4 nitrogen and oxygen atoms in total. The van der Waals surface area contributed by atoms with E-state index >= 15 is 0 Å². The van der Waals surface area contributed by atoms with Crippen molar-refractivity contribution in [1.29, 1.82) is 5.26 Å². The second-order valence-corrected chi connectivity index (χ2v) is 20.0. The van der Waals surface area contributed by atoms with Gasteiger partial charge in [0.2, 0.25) is 5.69 Å². The molecule has 0 saturated heterocycles. The second-order valence-electron chi connectivity index (χ2n) is 20.0. The molecule has 0 saturated carbocycles. The highest BCUT2D eigenvalue weighted by Gasteiger charge is 2.38. The van der Waals surface area contributed by atoms with Crippen molar-refractivity contribution in [2.24, 2.45) is 0 Å². The third kappa shape index (κ3) is 6.88. The van der Waals surface area contributed by atoms with Crippen molar-refractivity contribution in [3.8, 4) is 62.0 Å². The van der Waals surface area contributed by atoms with Crippen molar-refractivity contribution in [2.75, 3.05) is 0 Å². The van der Waals surface area contributed by atoms with Gasteiger partial charge in [0.15, 0.2) is 0 Å². The molecule has 0 N–H and O–H groups in total. The largest absolute Gasteiger partial charge is 0.319 e. The van der Waals surface area contributed by atoms with Crippen molar-refractivity contribution in [1.82, 2.24) is 9.13 Å². The molecule has 2 aromatic heterocycles. The zero-order valence-corrected chi connectivity index (χ0v) is 39.3. The average Bonchev–Trinajstić information content (AvgIpc) is 3.86. The molecular weight excluding hydrogens is 825 g/mol. The number of hydrogen-bond donors (Lipinski definition) is 0. The summed E-state index contributed by atoms with van der Waals surface area (Å²) in [4.78, 5) is 4.47. The van der Waals surface area contributed by atoms with Gasteiger partial charge in [-0.25, -0.2) is 4.85 Å². The zero-order chi connectivity index (χ0) is 46.9. The van der Waals surface area contributed by atoms with E-state index < -0.39 is 10.8 Å². The van der Waals surface area contributed by atoms with Gasteiger partial charge in [-0.1, -0.05) is 187 Å². The van der Waals surface area contributed by atoms with E-state index in [2.05, 4.69) is 231 Å². The lowest BCUT2D eigenvalue weighted by Gasteiger charge is -2.37. The maximum Gasteiger partial charge on any atom is 0.230 e. The van der Waals surface area contributed by atoms with Crippen molar-refractivity contribution >= 4 is 49.3 Å². The minimum atomic E-state index is -0.491. The molecule has 0 fully saturated rings. The van der Waals surface area contributed by atoms with Crippen LogP contribution in [-0.2, 0) is 10.8 Å². The van der Waals surface area contributed by atoms with Crippen LogP contribution in [0.4, 0.5) is 5.69 Å². The number of aromatic nitrogens is 2. The lowest BCUT2D eigenvalue weighted by atomic mass is 9.72. The van der Waals surface area contributed by atoms with E-state index in [0.717, 1.165) is 111 Å². The van der Waals surface area contributed by atoms with Crippen molar-refractivity contribution in [3.05, 3.63) is 222 Å². The Morgan fingerprint density at radius 1 is 0.382 bits per heavy atom. The van der Waals surface area contributed by atoms with Crippen molar-refractivity contribution in [2.45, 2.75) is 52.4 Å². The predicted octanol–water partition coefficient (Wildman–Crippen LogP) is 17.6. The van der Waals surface area contributed by atoms with Crippen LogP contribution in [-0.4, -0.2) is 9.13 Å². The highest BCUT2D eigenvalue weighted by molar-refractivity contribution is 6.14. The maximum atomic E-state index is 11.8. The zero-order valence-electron chi connectivity index (χ0n) is 39.3. The summed E-state index contributed by atoms with van der Waals surface area (Å²) in [6.07, 6.45) is 0. The third-order valence-corrected chi connectivity index (χ3v) is 13.6. The van der Waals surface area contributed by atoms with Gasteiger partial charge in [0.25, 0.3) is 0 Å². The predicted molar refractivity (Wildman–Crippen MR) is 285 cm³/mol. The molecule has 0 amide bonds. The minimum Gasteiger partial charge on any atom is -0.319 e. The van der Waals surface area contributed by atoms with E-state index in [9.17, 15) is 11.8 Å². The smallest absolute Gasteiger partial charge is 0.230 e. The Bertz CT molecular complexity index is 3400. The molecule has 9 aromatic carbocycles. The number of rotatable bonds is 6. The lowest BCUT2D eigenvalue weighted by molar-refractivity contribution is 0.527. The molecule has 0 unspecified atom stereocenters. The van der Waals surface area contributed by atoms with Gasteiger partial charge in [-0.15, -0.1) is 0 Å². The molecule has 0 spiro atoms. The molecular formula is C64H50N4. The normalized spacial score (nSPS) is 11.9. The second kappa shape index (κ2) is 16.2. The number of benzene rings is 9. The van der Waals surface area contributed by atoms with Crippen molar-refractivity contribution in [3.63, 3.8) is 0 Å². The van der Waals surface area contributed by atoms with E-state index in [1.54, 1.807) is 0 Å². The van der Waals surface area contributed by atoms with E-state index in [4.69, 9.17) is 0 Å². The van der Waals surface area contributed by atoms with Crippen LogP contribution in [0.3, 0.4) is 0 Å².